The van der Waals surface area contributed by atoms with Gasteiger partial charge in [0.25, 0.3) is 0 Å². The highest BCUT2D eigenvalue weighted by Crippen LogP contribution is 2.53. The first kappa shape index (κ1) is 44.1. The van der Waals surface area contributed by atoms with Gasteiger partial charge in [-0.05, 0) is 93.3 Å². The molecule has 300 valence electrons. The van der Waals surface area contributed by atoms with Gasteiger partial charge in [0.1, 0.15) is 13.2 Å². The lowest BCUT2D eigenvalue weighted by Gasteiger charge is -2.08. The minimum Gasteiger partial charge on any atom is -0.463 e. The second-order valence-electron chi connectivity index (χ2n) is 14.9. The Hall–Kier alpha value is -3.26. The highest BCUT2D eigenvalue weighted by molar-refractivity contribution is 5.69. The Morgan fingerprint density at radius 2 is 1.13 bits per heavy atom. The minimum absolute atomic E-state index is 0.165. The molecule has 0 radical (unpaired) electrons. The van der Waals surface area contributed by atoms with Crippen LogP contribution < -0.4 is 10.6 Å². The number of allylic oxidation sites excluding steroid dienone is 1. The smallest absolute Gasteiger partial charge is 0.407 e. The fourth-order valence-corrected chi connectivity index (χ4v) is 7.66. The first-order valence-corrected chi connectivity index (χ1v) is 20.7. The van der Waals surface area contributed by atoms with Crippen molar-refractivity contribution in [2.75, 3.05) is 52.7 Å². The molecule has 2 amide bonds. The van der Waals surface area contributed by atoms with Crippen molar-refractivity contribution < 1.29 is 42.9 Å². The lowest BCUT2D eigenvalue weighted by atomic mass is 10.1. The Morgan fingerprint density at radius 3 is 1.66 bits per heavy atom. The van der Waals surface area contributed by atoms with Crippen LogP contribution in [0.3, 0.4) is 0 Å². The molecule has 3 aliphatic rings. The van der Waals surface area contributed by atoms with Crippen LogP contribution in [0.2, 0.25) is 0 Å². The van der Waals surface area contributed by atoms with Crippen molar-refractivity contribution in [1.82, 2.24) is 10.6 Å². The van der Waals surface area contributed by atoms with Gasteiger partial charge in [0.05, 0.1) is 26.4 Å². The van der Waals surface area contributed by atoms with E-state index in [9.17, 15) is 19.2 Å². The van der Waals surface area contributed by atoms with Gasteiger partial charge in [-0.3, -0.25) is 9.59 Å². The van der Waals surface area contributed by atoms with Crippen molar-refractivity contribution in [2.45, 2.75) is 129 Å². The second kappa shape index (κ2) is 27.3. The van der Waals surface area contributed by atoms with Crippen LogP contribution in [0, 0.1) is 47.3 Å². The van der Waals surface area contributed by atoms with E-state index in [-0.39, 0.29) is 50.6 Å². The summed E-state index contributed by atoms with van der Waals surface area (Å²) in [7, 11) is 0. The molecule has 11 heteroatoms. The summed E-state index contributed by atoms with van der Waals surface area (Å²) in [6.07, 6.45) is 18.7. The van der Waals surface area contributed by atoms with Crippen molar-refractivity contribution >= 4 is 24.1 Å². The number of fused-ring (bicyclic) bond motifs is 1. The number of rotatable bonds is 30. The Morgan fingerprint density at radius 1 is 0.623 bits per heavy atom. The van der Waals surface area contributed by atoms with E-state index in [1.54, 1.807) is 0 Å². The van der Waals surface area contributed by atoms with Crippen molar-refractivity contribution in [2.24, 2.45) is 35.5 Å². The fourth-order valence-electron chi connectivity index (χ4n) is 7.66. The standard InChI is InChI=1S/C42H68N2O9/c1-3-5-19-33-34(20-6-4-2)37(33)31-52-41(47)43-25-17-11-9-15-23-39(45)50-29-27-49-28-30-51-40(46)24-16-10-12-18-26-44-42(48)53-32-38-35-21-13-7-8-14-22-36(35)38/h3,33-38H,1,4-6,9-32H2,2H3,(H,43,47)(H,44,48)/t33-,34+,35-,36+,37-,38-/m1/s1. The van der Waals surface area contributed by atoms with E-state index in [0.717, 1.165) is 89.9 Å². The topological polar surface area (TPSA) is 138 Å². The van der Waals surface area contributed by atoms with Gasteiger partial charge in [0, 0.05) is 38.8 Å². The average molecular weight is 745 g/mol. The van der Waals surface area contributed by atoms with Gasteiger partial charge < -0.3 is 34.3 Å². The molecule has 2 N–H and O–H groups in total. The lowest BCUT2D eigenvalue weighted by molar-refractivity contribution is -0.146. The van der Waals surface area contributed by atoms with E-state index in [1.807, 2.05) is 6.08 Å². The van der Waals surface area contributed by atoms with Crippen molar-refractivity contribution in [1.29, 1.82) is 0 Å². The third kappa shape index (κ3) is 19.6. The van der Waals surface area contributed by atoms with Crippen molar-refractivity contribution in [3.05, 3.63) is 12.7 Å². The van der Waals surface area contributed by atoms with Gasteiger partial charge >= 0.3 is 24.1 Å². The van der Waals surface area contributed by atoms with Crippen LogP contribution in [0.25, 0.3) is 0 Å². The summed E-state index contributed by atoms with van der Waals surface area (Å²) in [5, 5.41) is 5.67. The fraction of sp³-hybridized carbons (Fsp3) is 0.810. The quantitative estimate of drug-likeness (QED) is 0.0247. The van der Waals surface area contributed by atoms with E-state index >= 15 is 0 Å². The Labute approximate surface area is 318 Å². The number of carbonyl (C=O) groups is 4. The normalized spacial score (nSPS) is 22.4. The number of hydrogen-bond acceptors (Lipinski definition) is 9. The molecular weight excluding hydrogens is 676 g/mol. The molecule has 2 saturated carbocycles. The summed E-state index contributed by atoms with van der Waals surface area (Å²) in [4.78, 5) is 48.0. The van der Waals surface area contributed by atoms with Crippen molar-refractivity contribution in [3.63, 3.8) is 0 Å². The molecule has 6 atom stereocenters. The van der Waals surface area contributed by atoms with E-state index in [1.165, 1.54) is 19.3 Å². The molecule has 0 bridgehead atoms. The molecule has 0 spiro atoms. The SMILES string of the molecule is C=CCC[C@@H]1[C@H](CCCC)[C@@H]1COC(=O)NCCCCCCC(=O)OCCOCCOC(=O)CCCCCCNC(=O)OC[C@@H]1[C@@H]2CCC#CCC[C@@H]21. The number of ether oxygens (including phenoxy) is 5. The molecule has 0 heterocycles. The maximum Gasteiger partial charge on any atom is 0.407 e. The summed E-state index contributed by atoms with van der Waals surface area (Å²) in [5.41, 5.74) is 0. The predicted octanol–water partition coefficient (Wildman–Crippen LogP) is 7.90. The minimum atomic E-state index is -0.342. The zero-order valence-electron chi connectivity index (χ0n) is 32.5. The zero-order chi connectivity index (χ0) is 37.9. The second-order valence-corrected chi connectivity index (χ2v) is 14.9. The molecule has 0 unspecified atom stereocenters. The Balaban J connectivity index is 1.01. The van der Waals surface area contributed by atoms with Crippen LogP contribution in [0.4, 0.5) is 9.59 Å². The number of esters is 2. The van der Waals surface area contributed by atoms with Crippen LogP contribution in [0.15, 0.2) is 12.7 Å². The molecule has 11 nitrogen and oxygen atoms in total. The largest absolute Gasteiger partial charge is 0.463 e. The predicted molar refractivity (Wildman–Crippen MR) is 204 cm³/mol. The summed E-state index contributed by atoms with van der Waals surface area (Å²) >= 11 is 0. The van der Waals surface area contributed by atoms with Crippen LogP contribution in [-0.2, 0) is 33.3 Å². The lowest BCUT2D eigenvalue weighted by Crippen LogP contribution is -2.26. The number of hydrogen-bond donors (Lipinski definition) is 2. The highest BCUT2D eigenvalue weighted by atomic mass is 16.6. The van der Waals surface area contributed by atoms with Gasteiger partial charge in [-0.2, -0.15) is 0 Å². The summed E-state index contributed by atoms with van der Waals surface area (Å²) in [5.74, 6) is 9.55. The van der Waals surface area contributed by atoms with E-state index in [2.05, 4.69) is 36.0 Å². The summed E-state index contributed by atoms with van der Waals surface area (Å²) in [6, 6.07) is 0. The molecule has 3 rings (SSSR count). The number of unbranched alkanes of at least 4 members (excludes halogenated alkanes) is 7. The number of amides is 2. The molecule has 0 aromatic heterocycles. The van der Waals surface area contributed by atoms with Crippen molar-refractivity contribution in [3.8, 4) is 11.8 Å². The van der Waals surface area contributed by atoms with Crippen LogP contribution >= 0.6 is 0 Å². The first-order valence-electron chi connectivity index (χ1n) is 20.7. The maximum absolute atomic E-state index is 12.1. The van der Waals surface area contributed by atoms with Gasteiger partial charge in [-0.25, -0.2) is 9.59 Å². The average Bonchev–Trinajstić information content (AvgIpc) is 4.02. The molecule has 3 aliphatic carbocycles. The number of alkyl carbamates (subject to hydrolysis) is 2. The van der Waals surface area contributed by atoms with E-state index in [0.29, 0.717) is 74.7 Å². The molecule has 2 fully saturated rings. The monoisotopic (exact) mass is 744 g/mol. The highest BCUT2D eigenvalue weighted by Gasteiger charge is 2.49. The Kier molecular flexibility index (Phi) is 22.8. The number of nitrogens with one attached hydrogen (secondary N) is 2. The van der Waals surface area contributed by atoms with E-state index < -0.39 is 0 Å². The molecule has 0 aromatic rings. The molecule has 53 heavy (non-hydrogen) atoms. The van der Waals surface area contributed by atoms with Crippen LogP contribution in [-0.4, -0.2) is 76.9 Å². The van der Waals surface area contributed by atoms with Crippen LogP contribution in [0.5, 0.6) is 0 Å². The Bertz CT molecular complexity index is 1130. The van der Waals surface area contributed by atoms with Gasteiger partial charge in [-0.15, -0.1) is 18.4 Å². The molecule has 0 saturated heterocycles. The van der Waals surface area contributed by atoms with Gasteiger partial charge in [0.2, 0.25) is 0 Å². The summed E-state index contributed by atoms with van der Waals surface area (Å²) < 4.78 is 26.8. The molecule has 0 aromatic carbocycles. The first-order chi connectivity index (χ1) is 25.9. The molecule has 0 aliphatic heterocycles. The van der Waals surface area contributed by atoms with E-state index in [4.69, 9.17) is 23.7 Å². The van der Waals surface area contributed by atoms with Crippen LogP contribution in [0.1, 0.15) is 129 Å². The van der Waals surface area contributed by atoms with Gasteiger partial charge in [0.15, 0.2) is 0 Å². The third-order valence-electron chi connectivity index (χ3n) is 10.9. The maximum atomic E-state index is 12.1. The summed E-state index contributed by atoms with van der Waals surface area (Å²) in [6.45, 7) is 9.00. The third-order valence-corrected chi connectivity index (χ3v) is 10.9. The molecular formula is C42H68N2O9. The van der Waals surface area contributed by atoms with Gasteiger partial charge in [-0.1, -0.05) is 51.5 Å². The zero-order valence-corrected chi connectivity index (χ0v) is 32.5. The number of carbonyl (C=O) groups excluding carboxylic acids is 4.